The minimum Gasteiger partial charge on any atom is -0.465 e. The second-order valence-electron chi connectivity index (χ2n) is 9.18. The van der Waals surface area contributed by atoms with Gasteiger partial charge in [0.1, 0.15) is 11.6 Å². The van der Waals surface area contributed by atoms with Gasteiger partial charge in [-0.15, -0.1) is 0 Å². The molecule has 35 heavy (non-hydrogen) atoms. The van der Waals surface area contributed by atoms with Gasteiger partial charge in [-0.3, -0.25) is 19.8 Å². The summed E-state index contributed by atoms with van der Waals surface area (Å²) in [6.45, 7) is 4.98. The number of primary amides is 1. The smallest absolute Gasteiger partial charge is 0.408 e. The van der Waals surface area contributed by atoms with Crippen molar-refractivity contribution in [2.75, 3.05) is 18.0 Å². The van der Waals surface area contributed by atoms with Crippen LogP contribution in [0.5, 0.6) is 0 Å². The fourth-order valence-corrected chi connectivity index (χ4v) is 4.46. The number of hydrogen-bond acceptors (Lipinski definition) is 6. The molecule has 3 N–H and O–H groups in total. The van der Waals surface area contributed by atoms with Gasteiger partial charge in [0.2, 0.25) is 5.69 Å². The first kappa shape index (κ1) is 25.7. The maximum absolute atomic E-state index is 14.7. The Balaban J connectivity index is 2.09. The van der Waals surface area contributed by atoms with Crippen molar-refractivity contribution in [3.8, 4) is 0 Å². The number of hydrogen-bond donors (Lipinski definition) is 2. The van der Waals surface area contributed by atoms with Gasteiger partial charge in [0.15, 0.2) is 11.6 Å². The summed E-state index contributed by atoms with van der Waals surface area (Å²) in [5, 5.41) is 21.2. The molecule has 1 aliphatic rings. The normalized spacial score (nSPS) is 18.3. The zero-order valence-electron chi connectivity index (χ0n) is 19.2. The van der Waals surface area contributed by atoms with E-state index in [1.807, 2.05) is 0 Å². The largest absolute Gasteiger partial charge is 0.465 e. The van der Waals surface area contributed by atoms with E-state index in [-0.39, 0.29) is 30.9 Å². The summed E-state index contributed by atoms with van der Waals surface area (Å²) in [6, 6.07) is 2.57. The average Bonchev–Trinajstić information content (AvgIpc) is 2.74. The summed E-state index contributed by atoms with van der Waals surface area (Å²) >= 11 is 0. The molecule has 0 unspecified atom stereocenters. The second-order valence-corrected chi connectivity index (χ2v) is 9.18. The Morgan fingerprint density at radius 1 is 1.20 bits per heavy atom. The number of anilines is 1. The Morgan fingerprint density at radius 3 is 2.37 bits per heavy atom. The topological polar surface area (TPSA) is 143 Å². The third kappa shape index (κ3) is 5.12. The predicted octanol–water partition coefficient (Wildman–Crippen LogP) is 3.65. The highest BCUT2D eigenvalue weighted by molar-refractivity contribution is 5.95. The van der Waals surface area contributed by atoms with Gasteiger partial charge in [0.05, 0.1) is 11.0 Å². The van der Waals surface area contributed by atoms with Crippen molar-refractivity contribution in [2.45, 2.75) is 44.7 Å². The number of piperidine rings is 1. The van der Waals surface area contributed by atoms with Crippen LogP contribution in [0.1, 0.15) is 49.2 Å². The zero-order valence-corrected chi connectivity index (χ0v) is 19.2. The van der Waals surface area contributed by atoms with Crippen LogP contribution in [-0.2, 0) is 0 Å². The lowest BCUT2D eigenvalue weighted by atomic mass is 9.82. The predicted molar refractivity (Wildman–Crippen MR) is 119 cm³/mol. The molecule has 2 aromatic rings. The number of benzene rings is 1. The molecule has 13 heteroatoms. The number of carbonyl (C=O) groups excluding carboxylic acids is 1. The molecule has 1 aliphatic heterocycles. The third-order valence-electron chi connectivity index (χ3n) is 5.89. The van der Waals surface area contributed by atoms with Gasteiger partial charge in [-0.2, -0.15) is 0 Å². The van der Waals surface area contributed by atoms with Gasteiger partial charge >= 0.3 is 11.8 Å². The van der Waals surface area contributed by atoms with Crippen LogP contribution in [0.15, 0.2) is 24.3 Å². The van der Waals surface area contributed by atoms with E-state index in [9.17, 15) is 38.0 Å². The Kier molecular flexibility index (Phi) is 6.90. The molecule has 0 aliphatic carbocycles. The molecule has 2 heterocycles. The van der Waals surface area contributed by atoms with Gasteiger partial charge in [-0.1, -0.05) is 0 Å². The molecule has 0 spiro atoms. The number of pyridine rings is 1. The van der Waals surface area contributed by atoms with E-state index in [0.29, 0.717) is 6.07 Å². The van der Waals surface area contributed by atoms with Crippen LogP contribution < -0.4 is 10.6 Å². The molecular weight excluding hydrogens is 471 g/mol. The van der Waals surface area contributed by atoms with Crippen LogP contribution in [0.25, 0.3) is 0 Å². The number of nitro groups is 1. The van der Waals surface area contributed by atoms with Crippen molar-refractivity contribution < 1.29 is 32.8 Å². The average molecular weight is 495 g/mol. The first-order valence-electron chi connectivity index (χ1n) is 10.6. The minimum absolute atomic E-state index is 0.0737. The molecular formula is C22H24F3N5O5. The molecule has 2 atom stereocenters. The van der Waals surface area contributed by atoms with E-state index in [1.165, 1.54) is 6.07 Å². The van der Waals surface area contributed by atoms with E-state index in [0.717, 1.165) is 17.0 Å². The van der Waals surface area contributed by atoms with Gasteiger partial charge in [-0.05, 0) is 44.9 Å². The molecule has 1 saturated heterocycles. The van der Waals surface area contributed by atoms with Crippen molar-refractivity contribution in [1.29, 1.82) is 0 Å². The molecule has 0 saturated carbocycles. The zero-order chi connectivity index (χ0) is 26.2. The van der Waals surface area contributed by atoms with Gasteiger partial charge < -0.3 is 15.7 Å². The number of carbonyl (C=O) groups is 2. The van der Waals surface area contributed by atoms with Crippen molar-refractivity contribution in [3.63, 3.8) is 0 Å². The summed E-state index contributed by atoms with van der Waals surface area (Å²) < 4.78 is 42.3. The summed E-state index contributed by atoms with van der Waals surface area (Å²) in [4.78, 5) is 41.1. The van der Waals surface area contributed by atoms with Crippen molar-refractivity contribution >= 4 is 23.5 Å². The number of rotatable bonds is 5. The SMILES string of the molecule is CC(C)(C)N(C(=O)O)[C@H]1CN(c2ccc([N+](=O)[O-])c(C(N)=O)n2)CC[C@@H]1c1cc(F)c(F)cc1F. The number of nitrogens with zero attached hydrogens (tertiary/aromatic N) is 4. The lowest BCUT2D eigenvalue weighted by Crippen LogP contribution is -2.59. The summed E-state index contributed by atoms with van der Waals surface area (Å²) in [7, 11) is 0. The van der Waals surface area contributed by atoms with E-state index in [1.54, 1.807) is 25.7 Å². The standard InChI is InChI=1S/C22H24F3N5O5/c1-22(2,3)29(21(32)33)17-10-28(18-5-4-16(30(34)35)19(27-18)20(26)31)7-6-11(17)12-8-14(24)15(25)9-13(12)23/h4-5,8-9,11,17H,6-7,10H2,1-3H3,(H2,26,31)(H,32,33)/t11-,17+/m1/s1. The number of halogens is 3. The van der Waals surface area contributed by atoms with E-state index < -0.39 is 63.3 Å². The Labute approximate surface area is 198 Å². The lowest BCUT2D eigenvalue weighted by molar-refractivity contribution is -0.385. The third-order valence-corrected chi connectivity index (χ3v) is 5.89. The van der Waals surface area contributed by atoms with Gasteiger partial charge in [-0.25, -0.2) is 22.9 Å². The van der Waals surface area contributed by atoms with Gasteiger partial charge in [0.25, 0.3) is 5.91 Å². The molecule has 3 rings (SSSR count). The quantitative estimate of drug-likeness (QED) is 0.366. The Bertz CT molecular complexity index is 1190. The van der Waals surface area contributed by atoms with Crippen LogP contribution in [0.3, 0.4) is 0 Å². The van der Waals surface area contributed by atoms with E-state index >= 15 is 0 Å². The van der Waals surface area contributed by atoms with E-state index in [2.05, 4.69) is 4.98 Å². The molecule has 0 radical (unpaired) electrons. The first-order chi connectivity index (χ1) is 16.2. The Morgan fingerprint density at radius 2 is 1.83 bits per heavy atom. The molecule has 1 fully saturated rings. The molecule has 1 aromatic heterocycles. The summed E-state index contributed by atoms with van der Waals surface area (Å²) in [5.41, 5.74) is 2.96. The van der Waals surface area contributed by atoms with E-state index in [4.69, 9.17) is 5.73 Å². The molecule has 10 nitrogen and oxygen atoms in total. The van der Waals surface area contributed by atoms with Crippen molar-refractivity contribution in [1.82, 2.24) is 9.88 Å². The van der Waals surface area contributed by atoms with Crippen LogP contribution in [0.4, 0.5) is 29.5 Å². The monoisotopic (exact) mass is 495 g/mol. The van der Waals surface area contributed by atoms with Crippen LogP contribution in [0.2, 0.25) is 0 Å². The highest BCUT2D eigenvalue weighted by atomic mass is 19.2. The number of amides is 2. The molecule has 2 amide bonds. The highest BCUT2D eigenvalue weighted by Crippen LogP contribution is 2.38. The maximum atomic E-state index is 14.7. The molecule has 0 bridgehead atoms. The molecule has 188 valence electrons. The maximum Gasteiger partial charge on any atom is 0.408 e. The fraction of sp³-hybridized carbons (Fsp3) is 0.409. The van der Waals surface area contributed by atoms with Crippen LogP contribution in [-0.4, -0.2) is 56.6 Å². The second kappa shape index (κ2) is 9.39. The molecule has 1 aromatic carbocycles. The van der Waals surface area contributed by atoms with Gasteiger partial charge in [0, 0.05) is 36.7 Å². The van der Waals surface area contributed by atoms with Crippen LogP contribution >= 0.6 is 0 Å². The number of nitrogens with two attached hydrogens (primary N) is 1. The fourth-order valence-electron chi connectivity index (χ4n) is 4.46. The lowest BCUT2D eigenvalue weighted by Gasteiger charge is -2.48. The summed E-state index contributed by atoms with van der Waals surface area (Å²) in [5.74, 6) is -5.46. The Hall–Kier alpha value is -3.90. The van der Waals surface area contributed by atoms with Crippen molar-refractivity contribution in [2.24, 2.45) is 5.73 Å². The first-order valence-corrected chi connectivity index (χ1v) is 10.6. The number of aromatic nitrogens is 1. The minimum atomic E-state index is -1.36. The summed E-state index contributed by atoms with van der Waals surface area (Å²) in [6.07, 6.45) is -1.20. The highest BCUT2D eigenvalue weighted by Gasteiger charge is 2.43. The van der Waals surface area contributed by atoms with Crippen LogP contribution in [0, 0.1) is 27.6 Å². The van der Waals surface area contributed by atoms with Crippen molar-refractivity contribution in [3.05, 3.63) is 63.1 Å². The number of carboxylic acid groups (broad SMARTS) is 1.